The molecule has 2 rings (SSSR count). The van der Waals surface area contributed by atoms with E-state index in [1.807, 2.05) is 12.1 Å². The third-order valence-electron chi connectivity index (χ3n) is 3.55. The Labute approximate surface area is 97.7 Å². The summed E-state index contributed by atoms with van der Waals surface area (Å²) in [4.78, 5) is 0. The highest BCUT2D eigenvalue weighted by Crippen LogP contribution is 2.27. The predicted octanol–water partition coefficient (Wildman–Crippen LogP) is 2.89. The lowest BCUT2D eigenvalue weighted by atomic mass is 9.86. The number of nitrogens with one attached hydrogen (secondary N) is 1. The van der Waals surface area contributed by atoms with E-state index in [1.165, 1.54) is 37.9 Å². The van der Waals surface area contributed by atoms with Gasteiger partial charge in [0.2, 0.25) is 0 Å². The lowest BCUT2D eigenvalue weighted by molar-refractivity contribution is 0.340. The molecule has 0 radical (unpaired) electrons. The van der Waals surface area contributed by atoms with Gasteiger partial charge in [0.1, 0.15) is 5.75 Å². The van der Waals surface area contributed by atoms with E-state index in [0.717, 1.165) is 5.92 Å². The van der Waals surface area contributed by atoms with Crippen LogP contribution in [0.15, 0.2) is 24.3 Å². The number of rotatable bonds is 3. The molecule has 1 saturated heterocycles. The molecule has 2 nitrogen and oxygen atoms in total. The molecule has 2 N–H and O–H groups in total. The highest BCUT2D eigenvalue weighted by Gasteiger charge is 2.16. The van der Waals surface area contributed by atoms with Crippen molar-refractivity contribution in [3.8, 4) is 5.75 Å². The summed E-state index contributed by atoms with van der Waals surface area (Å²) in [5.41, 5.74) is 1.34. The second-order valence-electron chi connectivity index (χ2n) is 4.94. The Kier molecular flexibility index (Phi) is 3.83. The normalized spacial score (nSPS) is 22.9. The van der Waals surface area contributed by atoms with E-state index in [2.05, 4.69) is 12.2 Å². The second-order valence-corrected chi connectivity index (χ2v) is 4.94. The van der Waals surface area contributed by atoms with Crippen molar-refractivity contribution >= 4 is 0 Å². The Balaban J connectivity index is 1.91. The smallest absolute Gasteiger partial charge is 0.115 e. The largest absolute Gasteiger partial charge is 0.508 e. The number of benzene rings is 1. The topological polar surface area (TPSA) is 32.3 Å². The van der Waals surface area contributed by atoms with Crippen LogP contribution < -0.4 is 5.32 Å². The van der Waals surface area contributed by atoms with E-state index in [0.29, 0.717) is 11.7 Å². The van der Waals surface area contributed by atoms with E-state index in [9.17, 15) is 5.11 Å². The lowest BCUT2D eigenvalue weighted by Gasteiger charge is -2.25. The molecule has 0 aromatic heterocycles. The van der Waals surface area contributed by atoms with Crippen LogP contribution in [0.4, 0.5) is 0 Å². The molecule has 1 aliphatic heterocycles. The van der Waals surface area contributed by atoms with Gasteiger partial charge in [0.05, 0.1) is 0 Å². The molecule has 1 aromatic rings. The first-order valence-electron chi connectivity index (χ1n) is 6.25. The minimum atomic E-state index is 0.357. The fourth-order valence-corrected chi connectivity index (χ4v) is 2.56. The van der Waals surface area contributed by atoms with Crippen LogP contribution in [-0.2, 0) is 0 Å². The molecule has 88 valence electrons. The van der Waals surface area contributed by atoms with Crippen LogP contribution in [0.1, 0.15) is 37.7 Å². The second kappa shape index (κ2) is 5.35. The van der Waals surface area contributed by atoms with E-state index >= 15 is 0 Å². The number of phenols is 1. The molecule has 1 aromatic carbocycles. The van der Waals surface area contributed by atoms with Gasteiger partial charge in [-0.15, -0.1) is 0 Å². The number of hydrogen-bond donors (Lipinski definition) is 2. The zero-order valence-electron chi connectivity index (χ0n) is 9.95. The Bertz CT molecular complexity index is 314. The average Bonchev–Trinajstić information content (AvgIpc) is 2.31. The van der Waals surface area contributed by atoms with Crippen molar-refractivity contribution in [1.82, 2.24) is 5.32 Å². The molecule has 0 amide bonds. The van der Waals surface area contributed by atoms with Gasteiger partial charge in [-0.25, -0.2) is 0 Å². The average molecular weight is 219 g/mol. The van der Waals surface area contributed by atoms with Gasteiger partial charge in [-0.2, -0.15) is 0 Å². The fraction of sp³-hybridized carbons (Fsp3) is 0.571. The fourth-order valence-electron chi connectivity index (χ4n) is 2.56. The highest BCUT2D eigenvalue weighted by atomic mass is 16.3. The standard InChI is InChI=1S/C14H21NO/c1-11(9-12-3-2-8-15-10-12)13-4-6-14(16)7-5-13/h4-7,11-12,15-16H,2-3,8-10H2,1H3. The molecule has 1 aliphatic rings. The van der Waals surface area contributed by atoms with Crippen LogP contribution in [-0.4, -0.2) is 18.2 Å². The maximum absolute atomic E-state index is 9.25. The number of piperidine rings is 1. The van der Waals surface area contributed by atoms with Gasteiger partial charge in [0.25, 0.3) is 0 Å². The molecule has 0 bridgehead atoms. The van der Waals surface area contributed by atoms with E-state index < -0.39 is 0 Å². The maximum atomic E-state index is 9.25. The molecular formula is C14H21NO. The Hall–Kier alpha value is -1.02. The molecule has 2 heteroatoms. The van der Waals surface area contributed by atoms with Gasteiger partial charge in [-0.3, -0.25) is 0 Å². The van der Waals surface area contributed by atoms with E-state index in [-0.39, 0.29) is 0 Å². The summed E-state index contributed by atoms with van der Waals surface area (Å²) in [6, 6.07) is 7.64. The highest BCUT2D eigenvalue weighted by molar-refractivity contribution is 5.27. The molecule has 16 heavy (non-hydrogen) atoms. The monoisotopic (exact) mass is 219 g/mol. The van der Waals surface area contributed by atoms with Crippen molar-refractivity contribution in [3.63, 3.8) is 0 Å². The quantitative estimate of drug-likeness (QED) is 0.819. The summed E-state index contributed by atoms with van der Waals surface area (Å²) in [5, 5.41) is 12.7. The molecule has 0 aliphatic carbocycles. The number of aromatic hydroxyl groups is 1. The molecule has 1 fully saturated rings. The van der Waals surface area contributed by atoms with Crippen LogP contribution in [0.25, 0.3) is 0 Å². The van der Waals surface area contributed by atoms with Gasteiger partial charge >= 0.3 is 0 Å². The Morgan fingerprint density at radius 3 is 2.75 bits per heavy atom. The summed E-state index contributed by atoms with van der Waals surface area (Å²) in [5.74, 6) is 1.76. The number of hydrogen-bond acceptors (Lipinski definition) is 2. The zero-order valence-corrected chi connectivity index (χ0v) is 9.95. The number of phenolic OH excluding ortho intramolecular Hbond substituents is 1. The van der Waals surface area contributed by atoms with Crippen LogP contribution in [0.3, 0.4) is 0 Å². The van der Waals surface area contributed by atoms with Crippen LogP contribution in [0.5, 0.6) is 5.75 Å². The van der Waals surface area contributed by atoms with Crippen LogP contribution in [0, 0.1) is 5.92 Å². The van der Waals surface area contributed by atoms with Gasteiger partial charge in [0.15, 0.2) is 0 Å². The van der Waals surface area contributed by atoms with E-state index in [1.54, 1.807) is 12.1 Å². The first kappa shape index (κ1) is 11.5. The van der Waals surface area contributed by atoms with Crippen LogP contribution >= 0.6 is 0 Å². The van der Waals surface area contributed by atoms with Gasteiger partial charge in [0, 0.05) is 0 Å². The Morgan fingerprint density at radius 2 is 2.12 bits per heavy atom. The summed E-state index contributed by atoms with van der Waals surface area (Å²) in [7, 11) is 0. The van der Waals surface area contributed by atoms with Crippen molar-refractivity contribution in [2.45, 2.75) is 32.1 Å². The summed E-state index contributed by atoms with van der Waals surface area (Å²) in [6.45, 7) is 4.63. The summed E-state index contributed by atoms with van der Waals surface area (Å²) >= 11 is 0. The predicted molar refractivity (Wildman–Crippen MR) is 66.7 cm³/mol. The van der Waals surface area contributed by atoms with E-state index in [4.69, 9.17) is 0 Å². The zero-order chi connectivity index (χ0) is 11.4. The molecule has 2 atom stereocenters. The first-order chi connectivity index (χ1) is 7.75. The molecule has 0 saturated carbocycles. The van der Waals surface area contributed by atoms with Gasteiger partial charge < -0.3 is 10.4 Å². The lowest BCUT2D eigenvalue weighted by Crippen LogP contribution is -2.30. The van der Waals surface area contributed by atoms with Crippen molar-refractivity contribution in [1.29, 1.82) is 0 Å². The van der Waals surface area contributed by atoms with Crippen LogP contribution in [0.2, 0.25) is 0 Å². The van der Waals surface area contributed by atoms with Gasteiger partial charge in [-0.05, 0) is 61.9 Å². The molecule has 1 heterocycles. The van der Waals surface area contributed by atoms with Crippen molar-refractivity contribution in [3.05, 3.63) is 29.8 Å². The molecule has 2 unspecified atom stereocenters. The van der Waals surface area contributed by atoms with Gasteiger partial charge in [-0.1, -0.05) is 19.1 Å². The summed E-state index contributed by atoms with van der Waals surface area (Å²) < 4.78 is 0. The maximum Gasteiger partial charge on any atom is 0.115 e. The Morgan fingerprint density at radius 1 is 1.38 bits per heavy atom. The summed E-state index contributed by atoms with van der Waals surface area (Å²) in [6.07, 6.45) is 3.92. The SMILES string of the molecule is CC(CC1CCCNC1)c1ccc(O)cc1. The minimum absolute atomic E-state index is 0.357. The van der Waals surface area contributed by atoms with Crippen molar-refractivity contribution in [2.24, 2.45) is 5.92 Å². The van der Waals surface area contributed by atoms with Crippen molar-refractivity contribution in [2.75, 3.05) is 13.1 Å². The first-order valence-corrected chi connectivity index (χ1v) is 6.25. The minimum Gasteiger partial charge on any atom is -0.508 e. The van der Waals surface area contributed by atoms with Crippen molar-refractivity contribution < 1.29 is 5.11 Å². The third-order valence-corrected chi connectivity index (χ3v) is 3.55. The molecular weight excluding hydrogens is 198 g/mol. The third kappa shape index (κ3) is 2.99. The molecule has 0 spiro atoms.